The van der Waals surface area contributed by atoms with Crippen LogP contribution in [0.2, 0.25) is 0 Å². The fraction of sp³-hybridized carbons (Fsp3) is 0.667. The third-order valence-corrected chi connectivity index (χ3v) is 4.39. The number of aliphatic carboxylic acids is 1. The number of primary amides is 2. The topological polar surface area (TPSA) is 263 Å². The van der Waals surface area contributed by atoms with Crippen LogP contribution in [0.5, 0.6) is 0 Å². The van der Waals surface area contributed by atoms with E-state index in [0.29, 0.717) is 25.8 Å². The highest BCUT2D eigenvalue weighted by Crippen LogP contribution is 2.03. The van der Waals surface area contributed by atoms with E-state index in [0.717, 1.165) is 0 Å². The molecule has 0 aromatic heterocycles. The first-order valence-corrected chi connectivity index (χ1v) is 10.0. The molecule has 0 spiro atoms. The van der Waals surface area contributed by atoms with Crippen LogP contribution in [0.1, 0.15) is 45.4 Å². The number of carbonyl (C=O) groups is 6. The van der Waals surface area contributed by atoms with Crippen molar-refractivity contribution in [1.29, 1.82) is 0 Å². The molecule has 4 atom stereocenters. The second-order valence-electron chi connectivity index (χ2n) is 7.26. The van der Waals surface area contributed by atoms with Crippen LogP contribution in [-0.4, -0.2) is 71.3 Å². The van der Waals surface area contributed by atoms with Crippen LogP contribution < -0.4 is 38.9 Å². The van der Waals surface area contributed by atoms with Crippen molar-refractivity contribution in [3.05, 3.63) is 0 Å². The first-order chi connectivity index (χ1) is 14.9. The van der Waals surface area contributed by atoms with Gasteiger partial charge < -0.3 is 44.0 Å². The number of nitrogens with one attached hydrogen (secondary N) is 3. The largest absolute Gasteiger partial charge is 0.480 e. The monoisotopic (exact) mass is 459 g/mol. The van der Waals surface area contributed by atoms with Gasteiger partial charge in [-0.2, -0.15) is 0 Å². The van der Waals surface area contributed by atoms with Crippen LogP contribution in [0.15, 0.2) is 0 Å². The molecule has 0 saturated heterocycles. The second kappa shape index (κ2) is 14.7. The molecule has 0 saturated carbocycles. The Balaban J connectivity index is 5.09. The van der Waals surface area contributed by atoms with Gasteiger partial charge in [-0.15, -0.1) is 0 Å². The van der Waals surface area contributed by atoms with Crippen molar-refractivity contribution in [3.63, 3.8) is 0 Å². The van der Waals surface area contributed by atoms with Crippen LogP contribution in [-0.2, 0) is 28.8 Å². The number of carbonyl (C=O) groups excluding carboxylic acids is 5. The SMILES string of the molecule is CC(NC(=O)C(CCC(N)=O)NC(=O)C(N)CCCCN)C(=O)NC(CC(N)=O)C(=O)O. The Morgan fingerprint density at radius 2 is 1.41 bits per heavy atom. The summed E-state index contributed by atoms with van der Waals surface area (Å²) in [5.74, 6) is -5.46. The molecule has 14 heteroatoms. The fourth-order valence-corrected chi connectivity index (χ4v) is 2.55. The summed E-state index contributed by atoms with van der Waals surface area (Å²) in [5, 5.41) is 15.9. The van der Waals surface area contributed by atoms with Crippen LogP contribution in [0, 0.1) is 0 Å². The Hall–Kier alpha value is -3.26. The van der Waals surface area contributed by atoms with Gasteiger partial charge in [-0.1, -0.05) is 6.42 Å². The average molecular weight is 460 g/mol. The fourth-order valence-electron chi connectivity index (χ4n) is 2.55. The molecule has 0 aromatic rings. The van der Waals surface area contributed by atoms with Gasteiger partial charge in [-0.05, 0) is 32.7 Å². The molecule has 14 nitrogen and oxygen atoms in total. The van der Waals surface area contributed by atoms with Crippen molar-refractivity contribution in [2.24, 2.45) is 22.9 Å². The lowest BCUT2D eigenvalue weighted by Crippen LogP contribution is -2.56. The zero-order chi connectivity index (χ0) is 24.8. The maximum absolute atomic E-state index is 12.6. The van der Waals surface area contributed by atoms with Crippen LogP contribution in [0.3, 0.4) is 0 Å². The number of amides is 5. The molecule has 4 unspecified atom stereocenters. The third kappa shape index (κ3) is 11.8. The zero-order valence-corrected chi connectivity index (χ0v) is 18.0. The number of hydrogen-bond acceptors (Lipinski definition) is 8. The van der Waals surface area contributed by atoms with Gasteiger partial charge in [-0.3, -0.25) is 24.0 Å². The lowest BCUT2D eigenvalue weighted by molar-refractivity contribution is -0.143. The molecule has 32 heavy (non-hydrogen) atoms. The maximum Gasteiger partial charge on any atom is 0.326 e. The van der Waals surface area contributed by atoms with Gasteiger partial charge in [0.05, 0.1) is 12.5 Å². The predicted molar refractivity (Wildman–Crippen MR) is 112 cm³/mol. The molecule has 0 aromatic carbocycles. The van der Waals surface area contributed by atoms with Crippen molar-refractivity contribution in [1.82, 2.24) is 16.0 Å². The minimum Gasteiger partial charge on any atom is -0.480 e. The molecular weight excluding hydrogens is 426 g/mol. The maximum atomic E-state index is 12.6. The zero-order valence-electron chi connectivity index (χ0n) is 18.0. The van der Waals surface area contributed by atoms with Gasteiger partial charge in [0.1, 0.15) is 18.1 Å². The lowest BCUT2D eigenvalue weighted by atomic mass is 10.1. The second-order valence-corrected chi connectivity index (χ2v) is 7.26. The van der Waals surface area contributed by atoms with E-state index in [2.05, 4.69) is 16.0 Å². The smallest absolute Gasteiger partial charge is 0.326 e. The van der Waals surface area contributed by atoms with Crippen LogP contribution in [0.25, 0.3) is 0 Å². The van der Waals surface area contributed by atoms with Gasteiger partial charge >= 0.3 is 5.97 Å². The third-order valence-electron chi connectivity index (χ3n) is 4.39. The highest BCUT2D eigenvalue weighted by Gasteiger charge is 2.29. The Bertz CT molecular complexity index is 701. The molecular formula is C18H33N7O7. The number of unbranched alkanes of at least 4 members (excludes halogenated alkanes) is 1. The minimum atomic E-state index is -1.57. The van der Waals surface area contributed by atoms with Gasteiger partial charge in [-0.25, -0.2) is 4.79 Å². The summed E-state index contributed by atoms with van der Waals surface area (Å²) in [4.78, 5) is 70.3. The Kier molecular flexibility index (Phi) is 13.2. The number of rotatable bonds is 16. The molecule has 0 bridgehead atoms. The lowest BCUT2D eigenvalue weighted by Gasteiger charge is -2.23. The summed E-state index contributed by atoms with van der Waals surface area (Å²) in [7, 11) is 0. The molecule has 12 N–H and O–H groups in total. The Morgan fingerprint density at radius 1 is 0.812 bits per heavy atom. The highest BCUT2D eigenvalue weighted by atomic mass is 16.4. The van der Waals surface area contributed by atoms with Crippen molar-refractivity contribution in [2.75, 3.05) is 6.54 Å². The molecule has 0 aliphatic carbocycles. The standard InChI is InChI=1S/C18H33N7O7/c1-9(15(28)25-12(18(31)32)8-14(22)27)23-17(30)11(5-6-13(21)26)24-16(29)10(20)4-2-3-7-19/h9-12H,2-8,19-20H2,1H3,(H2,21,26)(H2,22,27)(H,23,30)(H,24,29)(H,25,28)(H,31,32). The van der Waals surface area contributed by atoms with Crippen molar-refractivity contribution >= 4 is 35.5 Å². The molecule has 5 amide bonds. The summed E-state index contributed by atoms with van der Waals surface area (Å²) in [5.41, 5.74) is 21.3. The predicted octanol–water partition coefficient (Wildman–Crippen LogP) is -3.86. The molecule has 0 aliphatic heterocycles. The number of hydrogen-bond donors (Lipinski definition) is 8. The van der Waals surface area contributed by atoms with E-state index in [-0.39, 0.29) is 12.8 Å². The molecule has 0 rings (SSSR count). The van der Waals surface area contributed by atoms with E-state index in [4.69, 9.17) is 28.0 Å². The molecule has 0 heterocycles. The van der Waals surface area contributed by atoms with E-state index in [1.807, 2.05) is 0 Å². The van der Waals surface area contributed by atoms with E-state index < -0.39 is 66.1 Å². The van der Waals surface area contributed by atoms with E-state index in [1.165, 1.54) is 6.92 Å². The summed E-state index contributed by atoms with van der Waals surface area (Å²) < 4.78 is 0. The van der Waals surface area contributed by atoms with Gasteiger partial charge in [0.25, 0.3) is 0 Å². The molecule has 0 fully saturated rings. The van der Waals surface area contributed by atoms with Crippen molar-refractivity contribution in [3.8, 4) is 0 Å². The summed E-state index contributed by atoms with van der Waals surface area (Å²) in [6, 6.07) is -4.93. The van der Waals surface area contributed by atoms with Gasteiger partial charge in [0.15, 0.2) is 0 Å². The normalized spacial score (nSPS) is 14.3. The van der Waals surface area contributed by atoms with Gasteiger partial charge in [0, 0.05) is 6.42 Å². The summed E-state index contributed by atoms with van der Waals surface area (Å²) >= 11 is 0. The minimum absolute atomic E-state index is 0.143. The summed E-state index contributed by atoms with van der Waals surface area (Å²) in [6.07, 6.45) is 0.615. The molecule has 0 aliphatic rings. The van der Waals surface area contributed by atoms with Gasteiger partial charge in [0.2, 0.25) is 29.5 Å². The Morgan fingerprint density at radius 3 is 1.91 bits per heavy atom. The highest BCUT2D eigenvalue weighted by molar-refractivity contribution is 5.94. The number of nitrogens with two attached hydrogens (primary N) is 4. The number of carboxylic acid groups (broad SMARTS) is 1. The van der Waals surface area contributed by atoms with Crippen LogP contribution in [0.4, 0.5) is 0 Å². The van der Waals surface area contributed by atoms with Crippen molar-refractivity contribution in [2.45, 2.75) is 69.6 Å². The van der Waals surface area contributed by atoms with Crippen LogP contribution >= 0.6 is 0 Å². The molecule has 0 radical (unpaired) electrons. The van der Waals surface area contributed by atoms with E-state index in [9.17, 15) is 28.8 Å². The Labute approximate surface area is 185 Å². The first-order valence-electron chi connectivity index (χ1n) is 10.0. The van der Waals surface area contributed by atoms with E-state index >= 15 is 0 Å². The summed E-state index contributed by atoms with van der Waals surface area (Å²) in [6.45, 7) is 1.71. The van der Waals surface area contributed by atoms with E-state index in [1.54, 1.807) is 0 Å². The quantitative estimate of drug-likeness (QED) is 0.105. The number of carboxylic acids is 1. The first kappa shape index (κ1) is 28.7. The average Bonchev–Trinajstić information content (AvgIpc) is 2.69. The van der Waals surface area contributed by atoms with Crippen molar-refractivity contribution < 1.29 is 33.9 Å². The molecule has 182 valence electrons.